The van der Waals surface area contributed by atoms with E-state index in [-0.39, 0.29) is 0 Å². The zero-order valence-electron chi connectivity index (χ0n) is 9.20. The predicted octanol–water partition coefficient (Wildman–Crippen LogP) is 4.38. The lowest BCUT2D eigenvalue weighted by atomic mass is 9.86. The van der Waals surface area contributed by atoms with Gasteiger partial charge in [-0.15, -0.1) is 0 Å². The molecule has 1 aliphatic heterocycles. The zero-order chi connectivity index (χ0) is 18.2. The molecule has 0 bridgehead atoms. The normalized spacial score (nSPS) is 35.7. The van der Waals surface area contributed by atoms with Crippen LogP contribution in [0.3, 0.4) is 0 Å². The van der Waals surface area contributed by atoms with Crippen LogP contribution >= 0.6 is 0 Å². The van der Waals surface area contributed by atoms with Crippen molar-refractivity contribution in [3.63, 3.8) is 0 Å². The lowest BCUT2D eigenvalue weighted by Crippen LogP contribution is -2.71. The summed E-state index contributed by atoms with van der Waals surface area (Å²) < 4.78 is 176. The Kier molecular flexibility index (Phi) is 3.53. The molecular weight excluding hydrogens is 366 g/mol. The van der Waals surface area contributed by atoms with Crippen LogP contribution in [0.5, 0.6) is 0 Å². The minimum absolute atomic E-state index is 1.68. The Bertz CT molecular complexity index is 461. The minimum Gasteiger partial charge on any atom is -0.267 e. The largest absolute Gasteiger partial charge is 0.457 e. The van der Waals surface area contributed by atoms with Crippen LogP contribution in [0, 0.1) is 0 Å². The average molecular weight is 366 g/mol. The molecule has 0 radical (unpaired) electrons. The smallest absolute Gasteiger partial charge is 0.267 e. The number of rotatable bonds is 1. The molecule has 0 aliphatic carbocycles. The van der Waals surface area contributed by atoms with Crippen molar-refractivity contribution >= 4 is 0 Å². The third kappa shape index (κ3) is 1.76. The molecule has 0 spiro atoms. The van der Waals surface area contributed by atoms with Gasteiger partial charge in [-0.25, -0.2) is 4.39 Å². The number of hydrogen-bond acceptors (Lipinski definition) is 1. The van der Waals surface area contributed by atoms with E-state index >= 15 is 0 Å². The van der Waals surface area contributed by atoms with Crippen LogP contribution in [-0.2, 0) is 4.74 Å². The van der Waals surface area contributed by atoms with Crippen LogP contribution < -0.4 is 0 Å². The minimum atomic E-state index is -7.79. The van der Waals surface area contributed by atoms with E-state index in [9.17, 15) is 61.5 Å². The molecule has 0 aromatic carbocycles. The van der Waals surface area contributed by atoms with Gasteiger partial charge >= 0.3 is 41.8 Å². The molecule has 1 aliphatic rings. The molecule has 15 heteroatoms. The monoisotopic (exact) mass is 366 g/mol. The van der Waals surface area contributed by atoms with E-state index in [1.54, 1.807) is 4.74 Å². The van der Waals surface area contributed by atoms with Gasteiger partial charge in [0, 0.05) is 0 Å². The predicted molar refractivity (Wildman–Crippen MR) is 35.7 cm³/mol. The molecule has 0 unspecified atom stereocenters. The van der Waals surface area contributed by atoms with Crippen LogP contribution in [-0.4, -0.2) is 41.8 Å². The molecule has 1 nitrogen and oxygen atoms in total. The number of alkyl halides is 14. The van der Waals surface area contributed by atoms with Crippen LogP contribution in [0.4, 0.5) is 61.5 Å². The lowest BCUT2D eigenvalue weighted by molar-refractivity contribution is -0.410. The van der Waals surface area contributed by atoms with E-state index in [2.05, 4.69) is 0 Å². The van der Waals surface area contributed by atoms with Gasteiger partial charge in [0.15, 0.2) is 0 Å². The van der Waals surface area contributed by atoms with Crippen molar-refractivity contribution < 1.29 is 66.2 Å². The lowest BCUT2D eigenvalue weighted by Gasteiger charge is -2.37. The molecule has 0 saturated carbocycles. The third-order valence-corrected chi connectivity index (χ3v) is 2.66. The van der Waals surface area contributed by atoms with Crippen molar-refractivity contribution in [1.29, 1.82) is 0 Å². The second-order valence-electron chi connectivity index (χ2n) is 4.02. The zero-order valence-corrected chi connectivity index (χ0v) is 9.20. The van der Waals surface area contributed by atoms with Crippen molar-refractivity contribution in [3.8, 4) is 0 Å². The fourth-order valence-electron chi connectivity index (χ4n) is 1.53. The second-order valence-corrected chi connectivity index (χ2v) is 4.02. The Labute approximate surface area is 109 Å². The fraction of sp³-hybridized carbons (Fsp3) is 1.00. The summed E-state index contributed by atoms with van der Waals surface area (Å²) in [4.78, 5) is 0. The summed E-state index contributed by atoms with van der Waals surface area (Å²) in [6.45, 7) is 0. The van der Waals surface area contributed by atoms with Gasteiger partial charge in [-0.05, 0) is 0 Å². The van der Waals surface area contributed by atoms with E-state index in [1.807, 2.05) is 0 Å². The first kappa shape index (κ1) is 19.0. The van der Waals surface area contributed by atoms with Crippen LogP contribution in [0.25, 0.3) is 0 Å². The summed E-state index contributed by atoms with van der Waals surface area (Å²) in [6.07, 6.45) is -21.9. The summed E-state index contributed by atoms with van der Waals surface area (Å²) >= 11 is 0. The molecule has 0 N–H and O–H groups in total. The molecule has 0 aromatic heterocycles. The summed E-state index contributed by atoms with van der Waals surface area (Å²) in [5.74, 6) is -22.5. The van der Waals surface area contributed by atoms with E-state index in [0.29, 0.717) is 0 Å². The third-order valence-electron chi connectivity index (χ3n) is 2.66. The molecular formula is C7F14O. The molecule has 0 amide bonds. The van der Waals surface area contributed by atoms with Gasteiger partial charge in [-0.3, -0.25) is 4.74 Å². The molecule has 132 valence electrons. The Hall–Kier alpha value is -1.02. The van der Waals surface area contributed by atoms with Crippen molar-refractivity contribution in [3.05, 3.63) is 0 Å². The standard InChI is InChI=1S/C7F14O/c8-1(3(11,12)5(14,15)16)2(9,10)4(13,6(17,18)19)22-7(1,20)21/t1-,4-/m0/s1. The van der Waals surface area contributed by atoms with E-state index < -0.39 is 41.8 Å². The Morgan fingerprint density at radius 1 is 0.636 bits per heavy atom. The molecule has 1 rings (SSSR count). The van der Waals surface area contributed by atoms with Gasteiger partial charge < -0.3 is 0 Å². The quantitative estimate of drug-likeness (QED) is 0.626. The van der Waals surface area contributed by atoms with E-state index in [1.165, 1.54) is 0 Å². The van der Waals surface area contributed by atoms with Gasteiger partial charge in [0.2, 0.25) is 0 Å². The highest BCUT2D eigenvalue weighted by molar-refractivity contribution is 5.22. The first-order valence-electron chi connectivity index (χ1n) is 4.55. The summed E-state index contributed by atoms with van der Waals surface area (Å²) in [5.41, 5.74) is -7.68. The molecule has 2 atom stereocenters. The van der Waals surface area contributed by atoms with E-state index in [4.69, 9.17) is 0 Å². The molecule has 1 saturated heterocycles. The second kappa shape index (κ2) is 4.08. The highest BCUT2D eigenvalue weighted by Gasteiger charge is 3.02. The highest BCUT2D eigenvalue weighted by atomic mass is 19.4. The average Bonchev–Trinajstić information content (AvgIpc) is 2.33. The van der Waals surface area contributed by atoms with Crippen molar-refractivity contribution in [2.75, 3.05) is 0 Å². The summed E-state index contributed by atoms with van der Waals surface area (Å²) in [7, 11) is 0. The first-order valence-corrected chi connectivity index (χ1v) is 4.55. The summed E-state index contributed by atoms with van der Waals surface area (Å²) in [6, 6.07) is 0. The number of hydrogen-bond donors (Lipinski definition) is 0. The van der Waals surface area contributed by atoms with Gasteiger partial charge in [-0.2, -0.15) is 57.1 Å². The SMILES string of the molecule is FC(F)(F)C(F)(F)[C@]1(F)C(F)(F)O[C@](F)(C(F)(F)F)C1(F)F. The van der Waals surface area contributed by atoms with Gasteiger partial charge in [0.05, 0.1) is 0 Å². The Morgan fingerprint density at radius 2 is 1.00 bits per heavy atom. The van der Waals surface area contributed by atoms with Gasteiger partial charge in [0.25, 0.3) is 0 Å². The maximum atomic E-state index is 13.3. The maximum Gasteiger partial charge on any atom is 0.457 e. The maximum absolute atomic E-state index is 13.3. The molecule has 1 heterocycles. The van der Waals surface area contributed by atoms with Gasteiger partial charge in [-0.1, -0.05) is 0 Å². The number of ether oxygens (including phenoxy) is 1. The van der Waals surface area contributed by atoms with Crippen molar-refractivity contribution in [2.24, 2.45) is 0 Å². The molecule has 0 aromatic rings. The van der Waals surface area contributed by atoms with Crippen LogP contribution in [0.1, 0.15) is 0 Å². The summed E-state index contributed by atoms with van der Waals surface area (Å²) in [5, 5.41) is 0. The van der Waals surface area contributed by atoms with Crippen LogP contribution in [0.15, 0.2) is 0 Å². The Balaban J connectivity index is 3.75. The number of halogens is 14. The van der Waals surface area contributed by atoms with Crippen molar-refractivity contribution in [1.82, 2.24) is 0 Å². The fourth-order valence-corrected chi connectivity index (χ4v) is 1.53. The highest BCUT2D eigenvalue weighted by Crippen LogP contribution is 2.70. The molecule has 22 heavy (non-hydrogen) atoms. The topological polar surface area (TPSA) is 9.23 Å². The molecule has 1 fully saturated rings. The van der Waals surface area contributed by atoms with Gasteiger partial charge in [0.1, 0.15) is 0 Å². The van der Waals surface area contributed by atoms with Crippen LogP contribution in [0.2, 0.25) is 0 Å². The van der Waals surface area contributed by atoms with E-state index in [0.717, 1.165) is 0 Å². The first-order chi connectivity index (χ1) is 9.21. The Morgan fingerprint density at radius 3 is 1.23 bits per heavy atom. The van der Waals surface area contributed by atoms with Crippen molar-refractivity contribution in [2.45, 2.75) is 41.8 Å².